The molecule has 0 radical (unpaired) electrons. The van der Waals surface area contributed by atoms with E-state index in [2.05, 4.69) is 10.6 Å². The fourth-order valence-corrected chi connectivity index (χ4v) is 5.98. The van der Waals surface area contributed by atoms with Crippen molar-refractivity contribution in [2.45, 2.75) is 95.4 Å². The van der Waals surface area contributed by atoms with Gasteiger partial charge in [0.1, 0.15) is 17.9 Å². The monoisotopic (exact) mass is 453 g/mol. The average molecular weight is 454 g/mol. The Bertz CT molecular complexity index is 911. The van der Waals surface area contributed by atoms with Gasteiger partial charge in [-0.15, -0.1) is 0 Å². The van der Waals surface area contributed by atoms with Crippen molar-refractivity contribution >= 4 is 17.7 Å². The number of carbonyl (C=O) groups excluding carboxylic acids is 3. The fourth-order valence-electron chi connectivity index (χ4n) is 5.98. The summed E-state index contributed by atoms with van der Waals surface area (Å²) in [7, 11) is 0. The Morgan fingerprint density at radius 1 is 0.970 bits per heavy atom. The summed E-state index contributed by atoms with van der Waals surface area (Å²) in [5, 5.41) is 6.18. The van der Waals surface area contributed by atoms with Gasteiger partial charge in [0.15, 0.2) is 0 Å². The van der Waals surface area contributed by atoms with Crippen LogP contribution in [0.2, 0.25) is 0 Å². The number of nitrogens with zero attached hydrogens (tertiary/aromatic N) is 1. The van der Waals surface area contributed by atoms with Gasteiger partial charge in [-0.1, -0.05) is 25.7 Å². The van der Waals surface area contributed by atoms with E-state index in [1.165, 1.54) is 44.9 Å². The first kappa shape index (κ1) is 22.4. The van der Waals surface area contributed by atoms with E-state index in [0.29, 0.717) is 24.6 Å². The predicted molar refractivity (Wildman–Crippen MR) is 124 cm³/mol. The lowest BCUT2D eigenvalue weighted by Crippen LogP contribution is -2.52. The van der Waals surface area contributed by atoms with Crippen LogP contribution >= 0.6 is 0 Å². The number of ether oxygens (including phenoxy) is 1. The van der Waals surface area contributed by atoms with Crippen LogP contribution in [-0.4, -0.2) is 47.4 Å². The zero-order valence-electron chi connectivity index (χ0n) is 19.3. The number of carbonyl (C=O) groups is 3. The first-order valence-corrected chi connectivity index (χ1v) is 12.8. The smallest absolute Gasteiger partial charge is 0.255 e. The zero-order chi connectivity index (χ0) is 22.8. The van der Waals surface area contributed by atoms with Crippen LogP contribution in [-0.2, 0) is 16.1 Å². The van der Waals surface area contributed by atoms with Gasteiger partial charge in [0.2, 0.25) is 11.8 Å². The molecular weight excluding hydrogens is 418 g/mol. The van der Waals surface area contributed by atoms with Gasteiger partial charge in [-0.3, -0.25) is 19.7 Å². The van der Waals surface area contributed by atoms with Gasteiger partial charge in [-0.2, -0.15) is 0 Å². The molecule has 7 heteroatoms. The Labute approximate surface area is 195 Å². The maximum absolute atomic E-state index is 12.9. The molecule has 3 amide bonds. The predicted octanol–water partition coefficient (Wildman–Crippen LogP) is 3.31. The highest BCUT2D eigenvalue weighted by atomic mass is 16.5. The van der Waals surface area contributed by atoms with E-state index in [1.54, 1.807) is 4.90 Å². The van der Waals surface area contributed by atoms with E-state index in [1.807, 2.05) is 18.2 Å². The van der Waals surface area contributed by atoms with Gasteiger partial charge in [0.05, 0.1) is 0 Å². The fraction of sp³-hybridized carbons (Fsp3) is 0.654. The molecule has 0 bridgehead atoms. The molecule has 2 heterocycles. The minimum Gasteiger partial charge on any atom is -0.489 e. The number of piperidine rings is 1. The van der Waals surface area contributed by atoms with Crippen LogP contribution in [0.15, 0.2) is 18.2 Å². The molecule has 1 unspecified atom stereocenters. The van der Waals surface area contributed by atoms with Gasteiger partial charge >= 0.3 is 0 Å². The van der Waals surface area contributed by atoms with Crippen molar-refractivity contribution in [3.63, 3.8) is 0 Å². The highest BCUT2D eigenvalue weighted by molar-refractivity contribution is 6.05. The number of hydrogen-bond donors (Lipinski definition) is 2. The molecular formula is C26H35N3O4. The topological polar surface area (TPSA) is 87.7 Å². The lowest BCUT2D eigenvalue weighted by molar-refractivity contribution is -0.136. The summed E-state index contributed by atoms with van der Waals surface area (Å²) >= 11 is 0. The standard InChI is InChI=1S/C26H35N3O4/c30-24-13-12-22(25(31)28-24)29-16-18-14-19(10-11-20(18)26(29)32)33-23-9-5-4-8-21(23)27-15-17-6-2-1-3-7-17/h10-11,14,17,21-23,27H,1-9,12-13,15-16H2,(H,28,30,31)/t21-,22?,23+/m0/s1. The molecule has 7 nitrogen and oxygen atoms in total. The quantitative estimate of drug-likeness (QED) is 0.646. The number of fused-ring (bicyclic) bond motifs is 1. The van der Waals surface area contributed by atoms with Crippen LogP contribution in [0.5, 0.6) is 5.75 Å². The molecule has 33 heavy (non-hydrogen) atoms. The highest BCUT2D eigenvalue weighted by Crippen LogP contribution is 2.32. The molecule has 3 atom stereocenters. The Kier molecular flexibility index (Phi) is 6.67. The molecule has 1 aromatic rings. The highest BCUT2D eigenvalue weighted by Gasteiger charge is 2.39. The molecule has 0 spiro atoms. The van der Waals surface area contributed by atoms with Crippen LogP contribution in [0.4, 0.5) is 0 Å². The Balaban J connectivity index is 1.22. The first-order chi connectivity index (χ1) is 16.1. The number of rotatable bonds is 6. The van der Waals surface area contributed by atoms with Crippen molar-refractivity contribution in [3.8, 4) is 5.75 Å². The molecule has 1 aromatic carbocycles. The maximum Gasteiger partial charge on any atom is 0.255 e. The molecule has 2 aliphatic carbocycles. The molecule has 2 aliphatic heterocycles. The summed E-state index contributed by atoms with van der Waals surface area (Å²) in [6.07, 6.45) is 12.2. The third-order valence-corrected chi connectivity index (χ3v) is 7.88. The number of nitrogens with one attached hydrogen (secondary N) is 2. The van der Waals surface area contributed by atoms with Crippen LogP contribution < -0.4 is 15.4 Å². The van der Waals surface area contributed by atoms with Gasteiger partial charge < -0.3 is 15.0 Å². The molecule has 178 valence electrons. The van der Waals surface area contributed by atoms with Crippen LogP contribution in [0.1, 0.15) is 86.6 Å². The van der Waals surface area contributed by atoms with Crippen molar-refractivity contribution in [2.24, 2.45) is 5.92 Å². The lowest BCUT2D eigenvalue weighted by atomic mass is 9.87. The van der Waals surface area contributed by atoms with E-state index in [4.69, 9.17) is 4.74 Å². The van der Waals surface area contributed by atoms with E-state index >= 15 is 0 Å². The van der Waals surface area contributed by atoms with Gasteiger partial charge in [-0.25, -0.2) is 0 Å². The van der Waals surface area contributed by atoms with Gasteiger partial charge in [0, 0.05) is 24.6 Å². The van der Waals surface area contributed by atoms with Crippen molar-refractivity contribution in [2.75, 3.05) is 6.54 Å². The lowest BCUT2D eigenvalue weighted by Gasteiger charge is -2.34. The van der Waals surface area contributed by atoms with Gasteiger partial charge in [0.25, 0.3) is 5.91 Å². The van der Waals surface area contributed by atoms with E-state index in [-0.39, 0.29) is 30.2 Å². The summed E-state index contributed by atoms with van der Waals surface area (Å²) in [6.45, 7) is 1.47. The van der Waals surface area contributed by atoms with Crippen molar-refractivity contribution in [1.82, 2.24) is 15.5 Å². The first-order valence-electron chi connectivity index (χ1n) is 12.8. The summed E-state index contributed by atoms with van der Waals surface area (Å²) in [5.41, 5.74) is 1.52. The summed E-state index contributed by atoms with van der Waals surface area (Å²) < 4.78 is 6.47. The third kappa shape index (κ3) is 4.93. The number of benzene rings is 1. The minimum absolute atomic E-state index is 0.142. The number of amides is 3. The van der Waals surface area contributed by atoms with E-state index < -0.39 is 6.04 Å². The molecule has 2 N–H and O–H groups in total. The van der Waals surface area contributed by atoms with Crippen molar-refractivity contribution in [1.29, 1.82) is 0 Å². The summed E-state index contributed by atoms with van der Waals surface area (Å²) in [4.78, 5) is 38.3. The Morgan fingerprint density at radius 3 is 2.58 bits per heavy atom. The van der Waals surface area contributed by atoms with Crippen LogP contribution in [0.25, 0.3) is 0 Å². The second-order valence-corrected chi connectivity index (χ2v) is 10.2. The molecule has 3 fully saturated rings. The van der Waals surface area contributed by atoms with E-state index in [9.17, 15) is 14.4 Å². The minimum atomic E-state index is -0.585. The van der Waals surface area contributed by atoms with Crippen molar-refractivity contribution in [3.05, 3.63) is 29.3 Å². The van der Waals surface area contributed by atoms with Gasteiger partial charge in [-0.05, 0) is 74.8 Å². The van der Waals surface area contributed by atoms with E-state index in [0.717, 1.165) is 36.6 Å². The summed E-state index contributed by atoms with van der Waals surface area (Å²) in [5.74, 6) is 0.803. The third-order valence-electron chi connectivity index (χ3n) is 7.88. The number of imide groups is 1. The van der Waals surface area contributed by atoms with Crippen LogP contribution in [0, 0.1) is 5.92 Å². The largest absolute Gasteiger partial charge is 0.489 e. The van der Waals surface area contributed by atoms with Crippen molar-refractivity contribution < 1.29 is 19.1 Å². The molecule has 4 aliphatic rings. The second-order valence-electron chi connectivity index (χ2n) is 10.2. The second kappa shape index (κ2) is 9.84. The van der Waals surface area contributed by atoms with Crippen LogP contribution in [0.3, 0.4) is 0 Å². The molecule has 2 saturated carbocycles. The Morgan fingerprint density at radius 2 is 1.76 bits per heavy atom. The molecule has 5 rings (SSSR count). The normalized spacial score (nSPS) is 28.5. The molecule has 1 saturated heterocycles. The summed E-state index contributed by atoms with van der Waals surface area (Å²) in [6, 6.07) is 5.46. The molecule has 0 aromatic heterocycles. The average Bonchev–Trinajstić information content (AvgIpc) is 3.14. The maximum atomic E-state index is 12.9. The Hall–Kier alpha value is -2.41. The number of hydrogen-bond acceptors (Lipinski definition) is 5. The SMILES string of the molecule is O=C1CCC(N2Cc3cc(O[C@@H]4CCCC[C@@H]4NCC4CCCCC4)ccc3C2=O)C(=O)N1. The zero-order valence-corrected chi connectivity index (χ0v) is 19.3.